The van der Waals surface area contributed by atoms with Gasteiger partial charge in [-0.15, -0.1) is 0 Å². The third-order valence-electron chi connectivity index (χ3n) is 2.95. The third kappa shape index (κ3) is 2.61. The Kier molecular flexibility index (Phi) is 3.96. The molecule has 0 aliphatic heterocycles. The van der Waals surface area contributed by atoms with E-state index in [2.05, 4.69) is 10.4 Å². The Bertz CT molecular complexity index is 611. The highest BCUT2D eigenvalue weighted by Gasteiger charge is 2.19. The zero-order valence-corrected chi connectivity index (χ0v) is 11.0. The van der Waals surface area contributed by atoms with Gasteiger partial charge in [-0.3, -0.25) is 4.68 Å². The van der Waals surface area contributed by atoms with E-state index in [1.807, 2.05) is 6.92 Å². The zero-order chi connectivity index (χ0) is 14.9. The van der Waals surface area contributed by atoms with Crippen molar-refractivity contribution in [2.24, 2.45) is 7.05 Å². The molecule has 0 aliphatic rings. The molecule has 0 saturated heterocycles. The summed E-state index contributed by atoms with van der Waals surface area (Å²) in [5.74, 6) is -5.76. The molecule has 7 heteroatoms. The molecule has 2 rings (SSSR count). The van der Waals surface area contributed by atoms with Crippen LogP contribution in [0.5, 0.6) is 0 Å². The van der Waals surface area contributed by atoms with Crippen LogP contribution in [0.3, 0.4) is 0 Å². The second kappa shape index (κ2) is 5.52. The lowest BCUT2D eigenvalue weighted by Gasteiger charge is -2.10. The summed E-state index contributed by atoms with van der Waals surface area (Å²) in [5, 5.41) is 6.53. The molecule has 1 N–H and O–H groups in total. The molecule has 0 atom stereocenters. The lowest BCUT2D eigenvalue weighted by atomic mass is 10.2. The molecule has 1 aromatic carbocycles. The Morgan fingerprint density at radius 2 is 1.70 bits per heavy atom. The van der Waals surface area contributed by atoms with E-state index >= 15 is 0 Å². The van der Waals surface area contributed by atoms with E-state index in [1.165, 1.54) is 4.68 Å². The lowest BCUT2D eigenvalue weighted by Crippen LogP contribution is -2.10. The fourth-order valence-corrected chi connectivity index (χ4v) is 1.82. The van der Waals surface area contributed by atoms with Crippen molar-refractivity contribution in [3.63, 3.8) is 0 Å². The SMILES string of the molecule is CCc1cc(CNc2c(F)c(F)cc(F)c2F)n(C)n1. The quantitative estimate of drug-likeness (QED) is 0.691. The van der Waals surface area contributed by atoms with Crippen LogP contribution in [0.2, 0.25) is 0 Å². The van der Waals surface area contributed by atoms with Gasteiger partial charge in [0.05, 0.1) is 17.9 Å². The molecule has 0 saturated carbocycles. The molecule has 2 aromatic rings. The van der Waals surface area contributed by atoms with Crippen molar-refractivity contribution in [3.05, 3.63) is 46.8 Å². The van der Waals surface area contributed by atoms with E-state index < -0.39 is 29.0 Å². The number of anilines is 1. The van der Waals surface area contributed by atoms with Crippen molar-refractivity contribution < 1.29 is 17.6 Å². The Hall–Kier alpha value is -2.05. The minimum Gasteiger partial charge on any atom is -0.374 e. The highest BCUT2D eigenvalue weighted by molar-refractivity contribution is 5.47. The predicted molar refractivity (Wildman–Crippen MR) is 66.2 cm³/mol. The molecule has 1 heterocycles. The van der Waals surface area contributed by atoms with Crippen molar-refractivity contribution in [2.75, 3.05) is 5.32 Å². The zero-order valence-electron chi connectivity index (χ0n) is 11.0. The maximum atomic E-state index is 13.5. The van der Waals surface area contributed by atoms with Crippen LogP contribution >= 0.6 is 0 Å². The highest BCUT2D eigenvalue weighted by atomic mass is 19.2. The maximum Gasteiger partial charge on any atom is 0.185 e. The second-order valence-corrected chi connectivity index (χ2v) is 4.30. The Balaban J connectivity index is 2.25. The van der Waals surface area contributed by atoms with Crippen molar-refractivity contribution in [1.29, 1.82) is 0 Å². The first-order chi connectivity index (χ1) is 9.43. The Morgan fingerprint density at radius 3 is 2.20 bits per heavy atom. The van der Waals surface area contributed by atoms with Crippen LogP contribution < -0.4 is 5.32 Å². The number of hydrogen-bond acceptors (Lipinski definition) is 2. The summed E-state index contributed by atoms with van der Waals surface area (Å²) in [6.45, 7) is 1.92. The first-order valence-corrected chi connectivity index (χ1v) is 6.02. The molecule has 0 fully saturated rings. The van der Waals surface area contributed by atoms with Gasteiger partial charge >= 0.3 is 0 Å². The van der Waals surface area contributed by atoms with E-state index in [1.54, 1.807) is 13.1 Å². The number of hydrogen-bond donors (Lipinski definition) is 1. The summed E-state index contributed by atoms with van der Waals surface area (Å²) in [5.41, 5.74) is 0.641. The van der Waals surface area contributed by atoms with Gasteiger partial charge in [-0.05, 0) is 12.5 Å². The van der Waals surface area contributed by atoms with Crippen LogP contribution in [0.1, 0.15) is 18.3 Å². The molecule has 0 bridgehead atoms. The number of aromatic nitrogens is 2. The summed E-state index contributed by atoms with van der Waals surface area (Å²) in [6, 6.07) is 1.92. The van der Waals surface area contributed by atoms with Crippen molar-refractivity contribution in [3.8, 4) is 0 Å². The van der Waals surface area contributed by atoms with Crippen LogP contribution in [-0.4, -0.2) is 9.78 Å². The molecule has 3 nitrogen and oxygen atoms in total. The van der Waals surface area contributed by atoms with Gasteiger partial charge < -0.3 is 5.32 Å². The number of rotatable bonds is 4. The monoisotopic (exact) mass is 287 g/mol. The molecule has 0 aliphatic carbocycles. The standard InChI is InChI=1S/C13H13F4N3/c1-3-7-4-8(20(2)19-7)6-18-13-11(16)9(14)5-10(15)12(13)17/h4-5,18H,3,6H2,1-2H3. The molecule has 1 aromatic heterocycles. The summed E-state index contributed by atoms with van der Waals surface area (Å²) >= 11 is 0. The smallest absolute Gasteiger partial charge is 0.185 e. The average Bonchev–Trinajstić information content (AvgIpc) is 2.77. The van der Waals surface area contributed by atoms with Gasteiger partial charge in [0.15, 0.2) is 23.3 Å². The minimum absolute atomic E-state index is 0.000231. The van der Waals surface area contributed by atoms with Crippen LogP contribution in [0, 0.1) is 23.3 Å². The summed E-state index contributed by atoms with van der Waals surface area (Å²) < 4.78 is 54.5. The van der Waals surface area contributed by atoms with Crippen LogP contribution in [0.15, 0.2) is 12.1 Å². The maximum absolute atomic E-state index is 13.5. The van der Waals surface area contributed by atoms with Gasteiger partial charge in [0.25, 0.3) is 0 Å². The van der Waals surface area contributed by atoms with E-state index in [9.17, 15) is 17.6 Å². The predicted octanol–water partition coefficient (Wildman–Crippen LogP) is 3.15. The molecular weight excluding hydrogens is 274 g/mol. The normalized spacial score (nSPS) is 10.9. The first kappa shape index (κ1) is 14.4. The molecule has 108 valence electrons. The molecule has 20 heavy (non-hydrogen) atoms. The molecular formula is C13H13F4N3. The summed E-state index contributed by atoms with van der Waals surface area (Å²) in [7, 11) is 1.68. The van der Waals surface area contributed by atoms with Crippen LogP contribution in [-0.2, 0) is 20.0 Å². The van der Waals surface area contributed by atoms with Gasteiger partial charge in [0, 0.05) is 13.1 Å². The first-order valence-electron chi connectivity index (χ1n) is 6.02. The second-order valence-electron chi connectivity index (χ2n) is 4.30. The van der Waals surface area contributed by atoms with Gasteiger partial charge in [0.1, 0.15) is 5.69 Å². The van der Waals surface area contributed by atoms with Crippen molar-refractivity contribution >= 4 is 5.69 Å². The Labute approximate surface area is 113 Å². The fraction of sp³-hybridized carbons (Fsp3) is 0.308. The van der Waals surface area contributed by atoms with Gasteiger partial charge in [-0.1, -0.05) is 6.92 Å². The molecule has 0 spiro atoms. The number of aryl methyl sites for hydroxylation is 2. The van der Waals surface area contributed by atoms with E-state index in [0.717, 1.165) is 5.69 Å². The minimum atomic E-state index is -1.44. The van der Waals surface area contributed by atoms with Gasteiger partial charge in [-0.25, -0.2) is 17.6 Å². The summed E-state index contributed by atoms with van der Waals surface area (Å²) in [4.78, 5) is 0. The van der Waals surface area contributed by atoms with Crippen LogP contribution in [0.4, 0.5) is 23.2 Å². The highest BCUT2D eigenvalue weighted by Crippen LogP contribution is 2.24. The van der Waals surface area contributed by atoms with Gasteiger partial charge in [-0.2, -0.15) is 5.10 Å². The van der Waals surface area contributed by atoms with E-state index in [4.69, 9.17) is 0 Å². The van der Waals surface area contributed by atoms with Crippen molar-refractivity contribution in [1.82, 2.24) is 9.78 Å². The van der Waals surface area contributed by atoms with E-state index in [-0.39, 0.29) is 12.6 Å². The number of nitrogens with one attached hydrogen (secondary N) is 1. The van der Waals surface area contributed by atoms with Gasteiger partial charge in [0.2, 0.25) is 0 Å². The number of benzene rings is 1. The molecule has 0 radical (unpaired) electrons. The largest absolute Gasteiger partial charge is 0.374 e. The molecule has 0 unspecified atom stereocenters. The average molecular weight is 287 g/mol. The van der Waals surface area contributed by atoms with Crippen molar-refractivity contribution in [2.45, 2.75) is 19.9 Å². The number of halogens is 4. The summed E-state index contributed by atoms with van der Waals surface area (Å²) in [6.07, 6.45) is 0.713. The Morgan fingerprint density at radius 1 is 1.10 bits per heavy atom. The topological polar surface area (TPSA) is 29.9 Å². The molecule has 0 amide bonds. The fourth-order valence-electron chi connectivity index (χ4n) is 1.82. The third-order valence-corrected chi connectivity index (χ3v) is 2.95. The van der Waals surface area contributed by atoms with Crippen LogP contribution in [0.25, 0.3) is 0 Å². The lowest BCUT2D eigenvalue weighted by molar-refractivity contribution is 0.458. The van der Waals surface area contributed by atoms with E-state index in [0.29, 0.717) is 12.1 Å². The number of nitrogens with zero attached hydrogens (tertiary/aromatic N) is 2.